The van der Waals surface area contributed by atoms with Crippen molar-refractivity contribution < 1.29 is 14.3 Å². The molecule has 1 fully saturated rings. The molecule has 6 heteroatoms. The maximum Gasteiger partial charge on any atom is 0.270 e. The number of hydrogen-bond donors (Lipinski definition) is 1. The number of carbonyl (C=O) groups is 2. The topological polar surface area (TPSA) is 63.6 Å². The predicted molar refractivity (Wildman–Crippen MR) is 115 cm³/mol. The van der Waals surface area contributed by atoms with Crippen LogP contribution in [-0.4, -0.2) is 40.5 Å². The van der Waals surface area contributed by atoms with Gasteiger partial charge in [-0.25, -0.2) is 0 Å². The summed E-state index contributed by atoms with van der Waals surface area (Å²) in [5.41, 5.74) is 3.06. The molecular formula is C24H31N3O3. The second-order valence-electron chi connectivity index (χ2n) is 8.14. The molecule has 2 aromatic rings. The van der Waals surface area contributed by atoms with Crippen molar-refractivity contribution in [1.29, 1.82) is 0 Å². The standard InChI is InChI=1S/C24H31N3O3/c1-3-18-11-8-12-26(18)24(29)21-15-19(22-16-30-14-13-27(21)22)23(28)25-20(4-2)17-9-6-5-7-10-17/h5-7,9-10,15,18,20H,3-4,8,11-14,16H2,1-2H3,(H,25,28). The summed E-state index contributed by atoms with van der Waals surface area (Å²) in [6, 6.07) is 12.0. The SMILES string of the molecule is CCC(NC(=O)c1cc(C(=O)N2CCCC2CC)n2c1COCC2)c1ccccc1. The van der Waals surface area contributed by atoms with Crippen LogP contribution in [0.2, 0.25) is 0 Å². The highest BCUT2D eigenvalue weighted by Gasteiger charge is 2.33. The number of benzene rings is 1. The summed E-state index contributed by atoms with van der Waals surface area (Å²) in [6.45, 7) is 6.50. The Balaban J connectivity index is 1.62. The number of nitrogens with one attached hydrogen (secondary N) is 1. The van der Waals surface area contributed by atoms with E-state index in [9.17, 15) is 9.59 Å². The van der Waals surface area contributed by atoms with Gasteiger partial charge in [-0.3, -0.25) is 9.59 Å². The molecule has 1 aromatic carbocycles. The Labute approximate surface area is 178 Å². The molecule has 0 radical (unpaired) electrons. The molecule has 2 aliphatic heterocycles. The van der Waals surface area contributed by atoms with Crippen molar-refractivity contribution in [2.75, 3.05) is 13.2 Å². The van der Waals surface area contributed by atoms with Crippen LogP contribution in [0.3, 0.4) is 0 Å². The maximum atomic E-state index is 13.4. The Morgan fingerprint density at radius 3 is 2.73 bits per heavy atom. The molecule has 2 amide bonds. The van der Waals surface area contributed by atoms with Gasteiger partial charge in [0.25, 0.3) is 11.8 Å². The normalized spacial score (nSPS) is 19.4. The van der Waals surface area contributed by atoms with Gasteiger partial charge < -0.3 is 19.5 Å². The quantitative estimate of drug-likeness (QED) is 0.787. The van der Waals surface area contributed by atoms with Crippen LogP contribution in [0.15, 0.2) is 36.4 Å². The van der Waals surface area contributed by atoms with E-state index in [2.05, 4.69) is 19.2 Å². The van der Waals surface area contributed by atoms with Crippen molar-refractivity contribution in [3.8, 4) is 0 Å². The molecule has 0 bridgehead atoms. The summed E-state index contributed by atoms with van der Waals surface area (Å²) < 4.78 is 7.63. The first-order chi connectivity index (χ1) is 14.6. The molecule has 2 aliphatic rings. The zero-order valence-corrected chi connectivity index (χ0v) is 17.9. The lowest BCUT2D eigenvalue weighted by Gasteiger charge is -2.25. The first kappa shape index (κ1) is 20.7. The van der Waals surface area contributed by atoms with Gasteiger partial charge in [0.1, 0.15) is 5.69 Å². The Morgan fingerprint density at radius 1 is 1.20 bits per heavy atom. The number of hydrogen-bond acceptors (Lipinski definition) is 3. The number of amides is 2. The van der Waals surface area contributed by atoms with E-state index >= 15 is 0 Å². The van der Waals surface area contributed by atoms with E-state index in [0.717, 1.165) is 43.5 Å². The van der Waals surface area contributed by atoms with Crippen molar-refractivity contribution in [2.45, 2.75) is 64.8 Å². The summed E-state index contributed by atoms with van der Waals surface area (Å²) >= 11 is 0. The Bertz CT molecular complexity index is 906. The van der Waals surface area contributed by atoms with Crippen LogP contribution < -0.4 is 5.32 Å². The highest BCUT2D eigenvalue weighted by atomic mass is 16.5. The molecule has 3 heterocycles. The number of aromatic nitrogens is 1. The van der Waals surface area contributed by atoms with Gasteiger partial charge >= 0.3 is 0 Å². The fourth-order valence-electron chi connectivity index (χ4n) is 4.72. The second kappa shape index (κ2) is 9.04. The van der Waals surface area contributed by atoms with E-state index in [1.807, 2.05) is 39.8 Å². The molecule has 2 atom stereocenters. The largest absolute Gasteiger partial charge is 0.373 e. The van der Waals surface area contributed by atoms with Gasteiger partial charge in [-0.1, -0.05) is 44.2 Å². The monoisotopic (exact) mass is 409 g/mol. The summed E-state index contributed by atoms with van der Waals surface area (Å²) in [7, 11) is 0. The lowest BCUT2D eigenvalue weighted by Crippen LogP contribution is -2.37. The highest BCUT2D eigenvalue weighted by molar-refractivity contribution is 6.01. The average Bonchev–Trinajstić information content (AvgIpc) is 3.42. The Hall–Kier alpha value is -2.60. The average molecular weight is 410 g/mol. The fourth-order valence-corrected chi connectivity index (χ4v) is 4.72. The number of nitrogens with zero attached hydrogens (tertiary/aromatic N) is 2. The van der Waals surface area contributed by atoms with Gasteiger partial charge in [0, 0.05) is 19.1 Å². The Morgan fingerprint density at radius 2 is 2.00 bits per heavy atom. The van der Waals surface area contributed by atoms with Gasteiger partial charge in [0.15, 0.2) is 0 Å². The third-order valence-electron chi connectivity index (χ3n) is 6.40. The van der Waals surface area contributed by atoms with E-state index in [1.54, 1.807) is 6.07 Å². The molecule has 1 saturated heterocycles. The molecule has 4 rings (SSSR count). The molecule has 0 aliphatic carbocycles. The van der Waals surface area contributed by atoms with Gasteiger partial charge in [-0.05, 0) is 37.3 Å². The van der Waals surface area contributed by atoms with Crippen molar-refractivity contribution in [3.63, 3.8) is 0 Å². The van der Waals surface area contributed by atoms with Gasteiger partial charge in [0.05, 0.1) is 30.5 Å². The fraction of sp³-hybridized carbons (Fsp3) is 0.500. The van der Waals surface area contributed by atoms with Crippen LogP contribution in [0.1, 0.15) is 77.7 Å². The van der Waals surface area contributed by atoms with Crippen molar-refractivity contribution >= 4 is 11.8 Å². The molecule has 0 spiro atoms. The van der Waals surface area contributed by atoms with Crippen LogP contribution in [0.4, 0.5) is 0 Å². The van der Waals surface area contributed by atoms with E-state index in [0.29, 0.717) is 37.1 Å². The van der Waals surface area contributed by atoms with Crippen LogP contribution >= 0.6 is 0 Å². The highest BCUT2D eigenvalue weighted by Crippen LogP contribution is 2.27. The van der Waals surface area contributed by atoms with Crippen LogP contribution in [0, 0.1) is 0 Å². The number of carbonyl (C=O) groups excluding carboxylic acids is 2. The molecule has 160 valence electrons. The van der Waals surface area contributed by atoms with E-state index in [4.69, 9.17) is 4.74 Å². The molecule has 2 unspecified atom stereocenters. The first-order valence-corrected chi connectivity index (χ1v) is 11.1. The summed E-state index contributed by atoms with van der Waals surface area (Å²) in [5.74, 6) is -0.107. The van der Waals surface area contributed by atoms with E-state index in [1.165, 1.54) is 0 Å². The minimum atomic E-state index is -0.146. The third-order valence-corrected chi connectivity index (χ3v) is 6.40. The van der Waals surface area contributed by atoms with Gasteiger partial charge in [0.2, 0.25) is 0 Å². The third kappa shape index (κ3) is 3.88. The molecule has 0 saturated carbocycles. The summed E-state index contributed by atoms with van der Waals surface area (Å²) in [4.78, 5) is 28.6. The van der Waals surface area contributed by atoms with Crippen molar-refractivity contribution in [3.05, 3.63) is 58.9 Å². The van der Waals surface area contributed by atoms with Crippen LogP contribution in [0.5, 0.6) is 0 Å². The second-order valence-corrected chi connectivity index (χ2v) is 8.14. The maximum absolute atomic E-state index is 13.4. The minimum absolute atomic E-state index is 0.0386. The number of rotatable bonds is 6. The van der Waals surface area contributed by atoms with Gasteiger partial charge in [-0.2, -0.15) is 0 Å². The molecule has 6 nitrogen and oxygen atoms in total. The van der Waals surface area contributed by atoms with E-state index in [-0.39, 0.29) is 17.9 Å². The smallest absolute Gasteiger partial charge is 0.270 e. The minimum Gasteiger partial charge on any atom is -0.373 e. The Kier molecular flexibility index (Phi) is 6.23. The van der Waals surface area contributed by atoms with Crippen molar-refractivity contribution in [2.24, 2.45) is 0 Å². The van der Waals surface area contributed by atoms with Gasteiger partial charge in [-0.15, -0.1) is 0 Å². The zero-order chi connectivity index (χ0) is 21.1. The number of fused-ring (bicyclic) bond motifs is 1. The lowest BCUT2D eigenvalue weighted by molar-refractivity contribution is 0.0673. The summed E-state index contributed by atoms with van der Waals surface area (Å²) in [6.07, 6.45) is 3.86. The first-order valence-electron chi connectivity index (χ1n) is 11.1. The number of ether oxygens (including phenoxy) is 1. The zero-order valence-electron chi connectivity index (χ0n) is 17.9. The van der Waals surface area contributed by atoms with Crippen molar-refractivity contribution in [1.82, 2.24) is 14.8 Å². The number of likely N-dealkylation sites (tertiary alicyclic amines) is 1. The lowest BCUT2D eigenvalue weighted by atomic mass is 10.0. The van der Waals surface area contributed by atoms with Crippen LogP contribution in [-0.2, 0) is 17.9 Å². The van der Waals surface area contributed by atoms with E-state index < -0.39 is 0 Å². The molecule has 1 aromatic heterocycles. The van der Waals surface area contributed by atoms with Crippen LogP contribution in [0.25, 0.3) is 0 Å². The summed E-state index contributed by atoms with van der Waals surface area (Å²) in [5, 5.41) is 3.16. The molecule has 30 heavy (non-hydrogen) atoms. The molecular weight excluding hydrogens is 378 g/mol. The predicted octanol–water partition coefficient (Wildman–Crippen LogP) is 3.91. The molecule has 1 N–H and O–H groups in total.